The lowest BCUT2D eigenvalue weighted by atomic mass is 9.95. The van der Waals surface area contributed by atoms with Gasteiger partial charge in [0.1, 0.15) is 11.6 Å². The molecule has 24 heavy (non-hydrogen) atoms. The zero-order chi connectivity index (χ0) is 17.5. The van der Waals surface area contributed by atoms with Crippen LogP contribution in [0.25, 0.3) is 6.08 Å². The first-order chi connectivity index (χ1) is 11.6. The summed E-state index contributed by atoms with van der Waals surface area (Å²) < 4.78 is 7.29. The molecular formula is C19H27N3O2. The molecule has 0 bridgehead atoms. The van der Waals surface area contributed by atoms with Gasteiger partial charge in [-0.25, -0.2) is 0 Å². The van der Waals surface area contributed by atoms with Gasteiger partial charge in [0.2, 0.25) is 0 Å². The Bertz CT molecular complexity index is 646. The molecule has 1 aromatic heterocycles. The van der Waals surface area contributed by atoms with Crippen LogP contribution in [0.4, 0.5) is 0 Å². The van der Waals surface area contributed by atoms with E-state index in [0.29, 0.717) is 19.2 Å². The normalized spacial score (nSPS) is 16.0. The van der Waals surface area contributed by atoms with E-state index in [1.807, 2.05) is 6.07 Å². The van der Waals surface area contributed by atoms with Crippen molar-refractivity contribution in [1.82, 2.24) is 9.88 Å². The Balaban J connectivity index is 2.21. The third-order valence-electron chi connectivity index (χ3n) is 4.72. The number of rotatable bonds is 6. The highest BCUT2D eigenvalue weighted by molar-refractivity contribution is 6.01. The number of carbonyl (C=O) groups excluding carboxylic acids is 1. The molecule has 1 amide bonds. The maximum Gasteiger partial charge on any atom is 0.262 e. The molecule has 0 unspecified atom stereocenters. The maximum absolute atomic E-state index is 12.1. The molecule has 1 saturated carbocycles. The molecule has 0 spiro atoms. The molecule has 0 saturated heterocycles. The van der Waals surface area contributed by atoms with Crippen LogP contribution in [0.1, 0.15) is 55.1 Å². The SMILES string of the molecule is COCCNC(=O)/C(C#N)=C/c1cc(C)n(C2CCCCC2)c1C. The third-order valence-corrected chi connectivity index (χ3v) is 4.72. The zero-order valence-electron chi connectivity index (χ0n) is 14.9. The number of hydrogen-bond acceptors (Lipinski definition) is 3. The van der Waals surface area contributed by atoms with Crippen molar-refractivity contribution in [3.8, 4) is 6.07 Å². The summed E-state index contributed by atoms with van der Waals surface area (Å²) in [6.07, 6.45) is 7.99. The lowest BCUT2D eigenvalue weighted by Gasteiger charge is -2.26. The van der Waals surface area contributed by atoms with E-state index in [1.54, 1.807) is 13.2 Å². The standard InChI is InChI=1S/C19H27N3O2/c1-14-11-16(12-17(13-20)19(23)21-9-10-24-3)15(2)22(14)18-7-5-4-6-8-18/h11-12,18H,4-10H2,1-3H3,(H,21,23)/b17-12+. The summed E-state index contributed by atoms with van der Waals surface area (Å²) in [5.74, 6) is -0.350. The first-order valence-electron chi connectivity index (χ1n) is 8.65. The molecule has 5 heteroatoms. The van der Waals surface area contributed by atoms with Crippen LogP contribution in [0, 0.1) is 25.2 Å². The fourth-order valence-corrected chi connectivity index (χ4v) is 3.52. The van der Waals surface area contributed by atoms with Gasteiger partial charge in [-0.3, -0.25) is 4.79 Å². The van der Waals surface area contributed by atoms with Gasteiger partial charge >= 0.3 is 0 Å². The highest BCUT2D eigenvalue weighted by Gasteiger charge is 2.20. The Morgan fingerprint density at radius 3 is 2.75 bits per heavy atom. The molecule has 0 radical (unpaired) electrons. The third kappa shape index (κ3) is 4.27. The number of carbonyl (C=O) groups is 1. The molecule has 1 aliphatic rings. The molecule has 1 fully saturated rings. The number of nitrogens with zero attached hydrogens (tertiary/aromatic N) is 2. The Morgan fingerprint density at radius 2 is 2.12 bits per heavy atom. The maximum atomic E-state index is 12.1. The van der Waals surface area contributed by atoms with Crippen molar-refractivity contribution >= 4 is 12.0 Å². The largest absolute Gasteiger partial charge is 0.383 e. The van der Waals surface area contributed by atoms with Crippen molar-refractivity contribution in [2.75, 3.05) is 20.3 Å². The Hall–Kier alpha value is -2.06. The summed E-state index contributed by atoms with van der Waals surface area (Å²) in [5, 5.41) is 12.0. The molecule has 0 aliphatic heterocycles. The summed E-state index contributed by atoms with van der Waals surface area (Å²) in [6.45, 7) is 5.00. The van der Waals surface area contributed by atoms with E-state index in [2.05, 4.69) is 29.8 Å². The van der Waals surface area contributed by atoms with Gasteiger partial charge in [-0.1, -0.05) is 19.3 Å². The average molecular weight is 329 g/mol. The summed E-state index contributed by atoms with van der Waals surface area (Å²) in [7, 11) is 1.58. The highest BCUT2D eigenvalue weighted by Crippen LogP contribution is 2.32. The molecular weight excluding hydrogens is 302 g/mol. The van der Waals surface area contributed by atoms with Gasteiger partial charge in [-0.05, 0) is 44.4 Å². The van der Waals surface area contributed by atoms with Crippen LogP contribution in [0.2, 0.25) is 0 Å². The second-order valence-corrected chi connectivity index (χ2v) is 6.41. The first kappa shape index (κ1) is 18.3. The lowest BCUT2D eigenvalue weighted by molar-refractivity contribution is -0.117. The van der Waals surface area contributed by atoms with Gasteiger partial charge in [0.25, 0.3) is 5.91 Å². The number of aryl methyl sites for hydroxylation is 1. The summed E-state index contributed by atoms with van der Waals surface area (Å²) in [6, 6.07) is 4.63. The average Bonchev–Trinajstić information content (AvgIpc) is 2.87. The number of hydrogen-bond donors (Lipinski definition) is 1. The first-order valence-corrected chi connectivity index (χ1v) is 8.65. The summed E-state index contributed by atoms with van der Waals surface area (Å²) in [5.41, 5.74) is 3.42. The van der Waals surface area contributed by atoms with E-state index >= 15 is 0 Å². The quantitative estimate of drug-likeness (QED) is 0.495. The van der Waals surface area contributed by atoms with Crippen molar-refractivity contribution in [1.29, 1.82) is 5.26 Å². The minimum Gasteiger partial charge on any atom is -0.383 e. The van der Waals surface area contributed by atoms with Crippen molar-refractivity contribution in [3.63, 3.8) is 0 Å². The Kier molecular flexibility index (Phi) is 6.62. The van der Waals surface area contributed by atoms with E-state index in [1.165, 1.54) is 37.8 Å². The monoisotopic (exact) mass is 329 g/mol. The van der Waals surface area contributed by atoms with Crippen LogP contribution in [-0.2, 0) is 9.53 Å². The van der Waals surface area contributed by atoms with Crippen molar-refractivity contribution in [2.24, 2.45) is 0 Å². The molecule has 130 valence electrons. The summed E-state index contributed by atoms with van der Waals surface area (Å²) >= 11 is 0. The van der Waals surface area contributed by atoms with E-state index in [9.17, 15) is 10.1 Å². The van der Waals surface area contributed by atoms with Crippen molar-refractivity contribution in [3.05, 3.63) is 28.6 Å². The van der Waals surface area contributed by atoms with Gasteiger partial charge in [0.15, 0.2) is 0 Å². The lowest BCUT2D eigenvalue weighted by Crippen LogP contribution is -2.27. The van der Waals surface area contributed by atoms with Gasteiger partial charge in [-0.15, -0.1) is 0 Å². The summed E-state index contributed by atoms with van der Waals surface area (Å²) in [4.78, 5) is 12.1. The van der Waals surface area contributed by atoms with Crippen LogP contribution < -0.4 is 5.32 Å². The molecule has 1 aromatic rings. The Labute approximate surface area is 144 Å². The van der Waals surface area contributed by atoms with E-state index in [0.717, 1.165) is 11.3 Å². The number of methoxy groups -OCH3 is 1. The Morgan fingerprint density at radius 1 is 1.42 bits per heavy atom. The second-order valence-electron chi connectivity index (χ2n) is 6.41. The topological polar surface area (TPSA) is 67.0 Å². The van der Waals surface area contributed by atoms with E-state index < -0.39 is 0 Å². The van der Waals surface area contributed by atoms with Crippen LogP contribution in [-0.4, -0.2) is 30.7 Å². The van der Waals surface area contributed by atoms with Crippen LogP contribution >= 0.6 is 0 Å². The molecule has 0 aromatic carbocycles. The second kappa shape index (κ2) is 8.70. The predicted octanol–water partition coefficient (Wildman–Crippen LogP) is 3.28. The van der Waals surface area contributed by atoms with Gasteiger partial charge in [0, 0.05) is 31.1 Å². The van der Waals surface area contributed by atoms with E-state index in [4.69, 9.17) is 4.74 Å². The number of amides is 1. The van der Waals surface area contributed by atoms with Gasteiger partial charge in [0.05, 0.1) is 6.61 Å². The molecule has 1 N–H and O–H groups in total. The zero-order valence-corrected chi connectivity index (χ0v) is 14.9. The van der Waals surface area contributed by atoms with Crippen LogP contribution in [0.5, 0.6) is 0 Å². The molecule has 2 rings (SSSR count). The molecule has 1 heterocycles. The van der Waals surface area contributed by atoms with Gasteiger partial charge in [-0.2, -0.15) is 5.26 Å². The van der Waals surface area contributed by atoms with Gasteiger partial charge < -0.3 is 14.6 Å². The van der Waals surface area contributed by atoms with Crippen LogP contribution in [0.3, 0.4) is 0 Å². The number of nitrogens with one attached hydrogen (secondary N) is 1. The molecule has 5 nitrogen and oxygen atoms in total. The smallest absolute Gasteiger partial charge is 0.262 e. The fraction of sp³-hybridized carbons (Fsp3) is 0.579. The number of ether oxygens (including phenoxy) is 1. The van der Waals surface area contributed by atoms with E-state index in [-0.39, 0.29) is 11.5 Å². The van der Waals surface area contributed by atoms with Crippen LogP contribution in [0.15, 0.2) is 11.6 Å². The van der Waals surface area contributed by atoms with Crippen molar-refractivity contribution in [2.45, 2.75) is 52.0 Å². The molecule has 1 aliphatic carbocycles. The fourth-order valence-electron chi connectivity index (χ4n) is 3.52. The minimum atomic E-state index is -0.350. The number of nitriles is 1. The predicted molar refractivity (Wildman–Crippen MR) is 94.5 cm³/mol. The molecule has 0 atom stereocenters. The van der Waals surface area contributed by atoms with Crippen molar-refractivity contribution < 1.29 is 9.53 Å². The highest BCUT2D eigenvalue weighted by atomic mass is 16.5. The minimum absolute atomic E-state index is 0.134. The number of aromatic nitrogens is 1.